The molecule has 2 aromatic carbocycles. The highest BCUT2D eigenvalue weighted by molar-refractivity contribution is 6.00. The number of nitrogens with one attached hydrogen (secondary N) is 1. The molecule has 0 saturated heterocycles. The van der Waals surface area contributed by atoms with Crippen LogP contribution in [-0.2, 0) is 0 Å². The van der Waals surface area contributed by atoms with E-state index in [2.05, 4.69) is 10.4 Å². The summed E-state index contributed by atoms with van der Waals surface area (Å²) in [6.07, 6.45) is 0. The molecule has 0 fully saturated rings. The number of nitrogens with two attached hydrogens (primary N) is 1. The van der Waals surface area contributed by atoms with Crippen LogP contribution < -0.4 is 20.7 Å². The van der Waals surface area contributed by atoms with Gasteiger partial charge in [-0.2, -0.15) is 0 Å². The molecule has 0 saturated carbocycles. The quantitative estimate of drug-likeness (QED) is 0.387. The van der Waals surface area contributed by atoms with E-state index in [1.165, 1.54) is 0 Å². The number of benzene rings is 2. The number of hydrogen-bond donors (Lipinski definition) is 2. The lowest BCUT2D eigenvalue weighted by Gasteiger charge is -2.10. The van der Waals surface area contributed by atoms with Gasteiger partial charge in [-0.05, 0) is 24.3 Å². The Balaban J connectivity index is 2.43. The second-order valence-electron chi connectivity index (χ2n) is 4.04. The van der Waals surface area contributed by atoms with Gasteiger partial charge in [0, 0.05) is 11.6 Å². The highest BCUT2D eigenvalue weighted by Gasteiger charge is 2.07. The fraction of sp³-hybridized carbons (Fsp3) is 0.133. The fourth-order valence-corrected chi connectivity index (χ4v) is 1.76. The van der Waals surface area contributed by atoms with Crippen LogP contribution in [0.15, 0.2) is 53.5 Å². The Morgan fingerprint density at radius 2 is 1.60 bits per heavy atom. The van der Waals surface area contributed by atoms with E-state index >= 15 is 0 Å². The Kier molecular flexibility index (Phi) is 4.57. The highest BCUT2D eigenvalue weighted by atomic mass is 16.5. The molecule has 104 valence electrons. The Morgan fingerprint density at radius 3 is 2.10 bits per heavy atom. The average molecular weight is 271 g/mol. The van der Waals surface area contributed by atoms with E-state index in [1.54, 1.807) is 20.3 Å². The minimum atomic E-state index is 0.536. The summed E-state index contributed by atoms with van der Waals surface area (Å²) < 4.78 is 10.5. The van der Waals surface area contributed by atoms with Gasteiger partial charge in [0.15, 0.2) is 0 Å². The predicted molar refractivity (Wildman–Crippen MR) is 79.5 cm³/mol. The molecule has 5 nitrogen and oxygen atoms in total. The molecular weight excluding hydrogens is 254 g/mol. The first-order chi connectivity index (χ1) is 9.76. The van der Waals surface area contributed by atoms with Crippen molar-refractivity contribution in [2.75, 3.05) is 14.2 Å². The Bertz CT molecular complexity index is 575. The van der Waals surface area contributed by atoms with Crippen LogP contribution in [0.5, 0.6) is 11.5 Å². The van der Waals surface area contributed by atoms with Crippen LogP contribution in [0.25, 0.3) is 0 Å². The summed E-state index contributed by atoms with van der Waals surface area (Å²) >= 11 is 0. The first-order valence-corrected chi connectivity index (χ1v) is 6.10. The number of nitrogens with zero attached hydrogens (tertiary/aromatic N) is 1. The molecule has 0 aromatic heterocycles. The molecule has 2 rings (SSSR count). The van der Waals surface area contributed by atoms with Crippen LogP contribution in [0, 0.1) is 0 Å². The summed E-state index contributed by atoms with van der Waals surface area (Å²) in [6, 6.07) is 15.0. The summed E-state index contributed by atoms with van der Waals surface area (Å²) in [5, 5.41) is 0. The third-order valence-electron chi connectivity index (χ3n) is 2.76. The normalized spacial score (nSPS) is 11.1. The van der Waals surface area contributed by atoms with Crippen molar-refractivity contribution in [3.63, 3.8) is 0 Å². The molecule has 0 aliphatic carbocycles. The van der Waals surface area contributed by atoms with Crippen LogP contribution in [0.2, 0.25) is 0 Å². The van der Waals surface area contributed by atoms with E-state index in [-0.39, 0.29) is 0 Å². The van der Waals surface area contributed by atoms with Crippen molar-refractivity contribution in [3.05, 3.63) is 54.1 Å². The number of rotatable bonds is 4. The Labute approximate surface area is 118 Å². The largest absolute Gasteiger partial charge is 0.497 e. The second-order valence-corrected chi connectivity index (χ2v) is 4.04. The maximum absolute atomic E-state index is 5.57. The number of hydrazine groups is 1. The van der Waals surface area contributed by atoms with E-state index in [4.69, 9.17) is 15.3 Å². The van der Waals surface area contributed by atoms with Crippen LogP contribution in [-0.4, -0.2) is 20.1 Å². The maximum atomic E-state index is 5.57. The second kappa shape index (κ2) is 6.58. The van der Waals surface area contributed by atoms with E-state index < -0.39 is 0 Å². The molecule has 0 atom stereocenters. The van der Waals surface area contributed by atoms with Gasteiger partial charge in [-0.3, -0.25) is 0 Å². The van der Waals surface area contributed by atoms with Crippen LogP contribution >= 0.6 is 0 Å². The molecule has 0 spiro atoms. The SMILES string of the molecule is COc1cc(OC)cc(C(=Nc2ccccc2)NN)c1. The summed E-state index contributed by atoms with van der Waals surface area (Å²) in [5.74, 6) is 7.46. The van der Waals surface area contributed by atoms with Crippen molar-refractivity contribution in [1.82, 2.24) is 5.43 Å². The standard InChI is InChI=1S/C15H17N3O2/c1-19-13-8-11(9-14(10-13)20-2)15(18-16)17-12-6-4-3-5-7-12/h3-10H,16H2,1-2H3,(H,17,18). The van der Waals surface area contributed by atoms with E-state index in [0.29, 0.717) is 17.3 Å². The van der Waals surface area contributed by atoms with Crippen LogP contribution in [0.3, 0.4) is 0 Å². The molecule has 0 bridgehead atoms. The van der Waals surface area contributed by atoms with E-state index in [0.717, 1.165) is 11.3 Å². The minimum Gasteiger partial charge on any atom is -0.497 e. The number of ether oxygens (including phenoxy) is 2. The third kappa shape index (κ3) is 3.27. The predicted octanol–water partition coefficient (Wildman–Crippen LogP) is 2.25. The smallest absolute Gasteiger partial charge is 0.148 e. The number of hydrogen-bond acceptors (Lipinski definition) is 4. The average Bonchev–Trinajstić information content (AvgIpc) is 2.53. The Morgan fingerprint density at radius 1 is 1.00 bits per heavy atom. The van der Waals surface area contributed by atoms with Crippen molar-refractivity contribution < 1.29 is 9.47 Å². The zero-order valence-corrected chi connectivity index (χ0v) is 11.5. The molecule has 20 heavy (non-hydrogen) atoms. The number of para-hydroxylation sites is 1. The highest BCUT2D eigenvalue weighted by Crippen LogP contribution is 2.23. The third-order valence-corrected chi connectivity index (χ3v) is 2.76. The maximum Gasteiger partial charge on any atom is 0.148 e. The Hall–Kier alpha value is -2.53. The van der Waals surface area contributed by atoms with Gasteiger partial charge in [-0.25, -0.2) is 10.8 Å². The summed E-state index contributed by atoms with van der Waals surface area (Å²) in [4.78, 5) is 4.47. The lowest BCUT2D eigenvalue weighted by Crippen LogP contribution is -2.30. The van der Waals surface area contributed by atoms with Crippen molar-refractivity contribution in [1.29, 1.82) is 0 Å². The summed E-state index contributed by atoms with van der Waals surface area (Å²) in [5.41, 5.74) is 4.20. The van der Waals surface area contributed by atoms with E-state index in [9.17, 15) is 0 Å². The minimum absolute atomic E-state index is 0.536. The molecule has 0 amide bonds. The van der Waals surface area contributed by atoms with Gasteiger partial charge in [0.05, 0.1) is 19.9 Å². The lowest BCUT2D eigenvalue weighted by molar-refractivity contribution is 0.394. The molecule has 0 heterocycles. The van der Waals surface area contributed by atoms with Crippen LogP contribution in [0.1, 0.15) is 5.56 Å². The van der Waals surface area contributed by atoms with Gasteiger partial charge in [-0.15, -0.1) is 0 Å². The van der Waals surface area contributed by atoms with Crippen molar-refractivity contribution in [2.45, 2.75) is 0 Å². The number of amidine groups is 1. The monoisotopic (exact) mass is 271 g/mol. The molecule has 0 aliphatic rings. The zero-order valence-electron chi connectivity index (χ0n) is 11.5. The molecule has 3 N–H and O–H groups in total. The van der Waals surface area contributed by atoms with Gasteiger partial charge in [-0.1, -0.05) is 18.2 Å². The summed E-state index contributed by atoms with van der Waals surface area (Å²) in [6.45, 7) is 0. The first kappa shape index (κ1) is 13.9. The van der Waals surface area contributed by atoms with Crippen molar-refractivity contribution >= 4 is 11.5 Å². The van der Waals surface area contributed by atoms with E-state index in [1.807, 2.05) is 42.5 Å². The van der Waals surface area contributed by atoms with Gasteiger partial charge in [0.2, 0.25) is 0 Å². The van der Waals surface area contributed by atoms with Gasteiger partial charge in [0.25, 0.3) is 0 Å². The first-order valence-electron chi connectivity index (χ1n) is 6.10. The topological polar surface area (TPSA) is 68.9 Å². The number of methoxy groups -OCH3 is 2. The zero-order chi connectivity index (χ0) is 14.4. The molecule has 0 unspecified atom stereocenters. The van der Waals surface area contributed by atoms with Gasteiger partial charge < -0.3 is 14.9 Å². The van der Waals surface area contributed by atoms with Crippen molar-refractivity contribution in [2.24, 2.45) is 10.8 Å². The van der Waals surface area contributed by atoms with Crippen LogP contribution in [0.4, 0.5) is 5.69 Å². The number of aliphatic imine (C=N–C) groups is 1. The molecule has 0 aliphatic heterocycles. The fourth-order valence-electron chi connectivity index (χ4n) is 1.76. The molecule has 2 aromatic rings. The molecule has 0 radical (unpaired) electrons. The molecule has 5 heteroatoms. The summed E-state index contributed by atoms with van der Waals surface area (Å²) in [7, 11) is 3.20. The lowest BCUT2D eigenvalue weighted by atomic mass is 10.2. The molecular formula is C15H17N3O2. The van der Waals surface area contributed by atoms with Gasteiger partial charge in [0.1, 0.15) is 17.3 Å². The van der Waals surface area contributed by atoms with Gasteiger partial charge >= 0.3 is 0 Å². The van der Waals surface area contributed by atoms with Crippen molar-refractivity contribution in [3.8, 4) is 11.5 Å².